The van der Waals surface area contributed by atoms with Crippen LogP contribution in [0.15, 0.2) is 28.9 Å². The average molecular weight is 230 g/mol. The first-order valence-corrected chi connectivity index (χ1v) is 4.75. The van der Waals surface area contributed by atoms with Crippen molar-refractivity contribution >= 4 is 16.9 Å². The molecule has 2 heterocycles. The van der Waals surface area contributed by atoms with E-state index in [0.717, 1.165) is 0 Å². The van der Waals surface area contributed by atoms with Crippen LogP contribution in [0.4, 0.5) is 0 Å². The maximum absolute atomic E-state index is 11.0. The molecule has 7 nitrogen and oxygen atoms in total. The molecule has 0 amide bonds. The minimum atomic E-state index is -1.03. The summed E-state index contributed by atoms with van der Waals surface area (Å²) in [6.45, 7) is 0. The molecule has 0 radical (unpaired) electrons. The molecule has 0 atom stereocenters. The summed E-state index contributed by atoms with van der Waals surface area (Å²) in [6.07, 6.45) is 1.21. The average Bonchev–Trinajstić information content (AvgIpc) is 2.97. The number of para-hydroxylation sites is 1. The smallest absolute Gasteiger partial charge is 0.339 e. The second-order valence-corrected chi connectivity index (χ2v) is 3.39. The first-order valence-electron chi connectivity index (χ1n) is 4.75. The molecule has 0 fully saturated rings. The van der Waals surface area contributed by atoms with E-state index in [-0.39, 0.29) is 5.56 Å². The Morgan fingerprint density at radius 2 is 2.29 bits per heavy atom. The molecule has 0 bridgehead atoms. The molecular formula is C10H6N4O3. The van der Waals surface area contributed by atoms with Gasteiger partial charge in [0.2, 0.25) is 0 Å². The first kappa shape index (κ1) is 9.52. The predicted molar refractivity (Wildman–Crippen MR) is 56.3 cm³/mol. The zero-order valence-corrected chi connectivity index (χ0v) is 8.41. The van der Waals surface area contributed by atoms with Crippen LogP contribution in [0.25, 0.3) is 22.4 Å². The molecule has 0 aliphatic rings. The van der Waals surface area contributed by atoms with E-state index in [1.165, 1.54) is 6.26 Å². The molecule has 0 aliphatic carbocycles. The SMILES string of the molecule is O=C(O)c1coc2c(-c3nnn[nH]3)cccc12. The summed E-state index contributed by atoms with van der Waals surface area (Å²) in [5, 5.41) is 22.8. The van der Waals surface area contributed by atoms with E-state index < -0.39 is 5.97 Å². The van der Waals surface area contributed by atoms with Crippen molar-refractivity contribution in [2.24, 2.45) is 0 Å². The largest absolute Gasteiger partial charge is 0.478 e. The van der Waals surface area contributed by atoms with E-state index in [1.54, 1.807) is 18.2 Å². The molecule has 2 aromatic heterocycles. The topological polar surface area (TPSA) is 105 Å². The van der Waals surface area contributed by atoms with Crippen LogP contribution in [-0.2, 0) is 0 Å². The van der Waals surface area contributed by atoms with Crippen LogP contribution >= 0.6 is 0 Å². The van der Waals surface area contributed by atoms with Crippen molar-refractivity contribution in [3.8, 4) is 11.4 Å². The van der Waals surface area contributed by atoms with E-state index in [4.69, 9.17) is 9.52 Å². The maximum Gasteiger partial charge on any atom is 0.339 e. The lowest BCUT2D eigenvalue weighted by Gasteiger charge is -1.96. The number of fused-ring (bicyclic) bond motifs is 1. The lowest BCUT2D eigenvalue weighted by atomic mass is 10.1. The molecule has 0 spiro atoms. The van der Waals surface area contributed by atoms with Crippen LogP contribution in [0.1, 0.15) is 10.4 Å². The standard InChI is InChI=1S/C10H6N4O3/c15-10(16)7-4-17-8-5(7)2-1-3-6(8)9-11-13-14-12-9/h1-4H,(H,15,16)(H,11,12,13,14). The summed E-state index contributed by atoms with van der Waals surface area (Å²) in [4.78, 5) is 11.0. The van der Waals surface area contributed by atoms with Gasteiger partial charge in [-0.3, -0.25) is 0 Å². The summed E-state index contributed by atoms with van der Waals surface area (Å²) >= 11 is 0. The third kappa shape index (κ3) is 1.36. The lowest BCUT2D eigenvalue weighted by molar-refractivity contribution is 0.0698. The van der Waals surface area contributed by atoms with Crippen LogP contribution in [-0.4, -0.2) is 31.7 Å². The van der Waals surface area contributed by atoms with E-state index in [1.807, 2.05) is 0 Å². The van der Waals surface area contributed by atoms with Gasteiger partial charge in [-0.15, -0.1) is 5.10 Å². The Balaban J connectivity index is 2.32. The second kappa shape index (κ2) is 3.41. The van der Waals surface area contributed by atoms with Gasteiger partial charge in [0, 0.05) is 5.39 Å². The quantitative estimate of drug-likeness (QED) is 0.687. The van der Waals surface area contributed by atoms with Gasteiger partial charge in [0.25, 0.3) is 0 Å². The van der Waals surface area contributed by atoms with Crippen molar-refractivity contribution in [2.45, 2.75) is 0 Å². The Bertz CT molecular complexity index is 687. The van der Waals surface area contributed by atoms with Gasteiger partial charge in [-0.05, 0) is 16.5 Å². The van der Waals surface area contributed by atoms with Crippen molar-refractivity contribution in [1.82, 2.24) is 20.6 Å². The molecule has 0 aliphatic heterocycles. The number of aromatic nitrogens is 4. The Kier molecular flexibility index (Phi) is 1.91. The number of carboxylic acids is 1. The fraction of sp³-hybridized carbons (Fsp3) is 0. The number of furan rings is 1. The Labute approximate surface area is 94.1 Å². The van der Waals surface area contributed by atoms with Crippen LogP contribution in [0.2, 0.25) is 0 Å². The number of carboxylic acid groups (broad SMARTS) is 1. The highest BCUT2D eigenvalue weighted by Gasteiger charge is 2.16. The van der Waals surface area contributed by atoms with Crippen molar-refractivity contribution in [3.05, 3.63) is 30.0 Å². The highest BCUT2D eigenvalue weighted by atomic mass is 16.4. The van der Waals surface area contributed by atoms with E-state index >= 15 is 0 Å². The zero-order chi connectivity index (χ0) is 11.8. The van der Waals surface area contributed by atoms with Gasteiger partial charge in [0.1, 0.15) is 17.4 Å². The molecular weight excluding hydrogens is 224 g/mol. The number of rotatable bonds is 2. The number of benzene rings is 1. The van der Waals surface area contributed by atoms with Gasteiger partial charge < -0.3 is 9.52 Å². The van der Waals surface area contributed by atoms with Crippen LogP contribution in [0.3, 0.4) is 0 Å². The summed E-state index contributed by atoms with van der Waals surface area (Å²) in [5.41, 5.74) is 1.19. The Morgan fingerprint density at radius 3 is 3.00 bits per heavy atom. The van der Waals surface area contributed by atoms with E-state index in [9.17, 15) is 4.79 Å². The van der Waals surface area contributed by atoms with Gasteiger partial charge >= 0.3 is 5.97 Å². The van der Waals surface area contributed by atoms with Gasteiger partial charge in [0.15, 0.2) is 5.82 Å². The fourth-order valence-corrected chi connectivity index (χ4v) is 1.68. The van der Waals surface area contributed by atoms with Crippen molar-refractivity contribution in [3.63, 3.8) is 0 Å². The van der Waals surface area contributed by atoms with Gasteiger partial charge in [-0.25, -0.2) is 9.89 Å². The van der Waals surface area contributed by atoms with Gasteiger partial charge in [-0.1, -0.05) is 12.1 Å². The molecule has 1 aromatic carbocycles. The molecule has 2 N–H and O–H groups in total. The third-order valence-electron chi connectivity index (χ3n) is 2.43. The number of aromatic carboxylic acids is 1. The number of H-pyrrole nitrogens is 1. The van der Waals surface area contributed by atoms with Crippen LogP contribution in [0.5, 0.6) is 0 Å². The number of nitrogens with one attached hydrogen (secondary N) is 1. The number of aromatic amines is 1. The third-order valence-corrected chi connectivity index (χ3v) is 2.43. The Morgan fingerprint density at radius 1 is 1.41 bits per heavy atom. The lowest BCUT2D eigenvalue weighted by Crippen LogP contribution is -1.93. The number of hydrogen-bond acceptors (Lipinski definition) is 5. The zero-order valence-electron chi connectivity index (χ0n) is 8.41. The molecule has 7 heteroatoms. The predicted octanol–water partition coefficient (Wildman–Crippen LogP) is 1.31. The highest BCUT2D eigenvalue weighted by molar-refractivity contribution is 6.05. The monoisotopic (exact) mass is 230 g/mol. The summed E-state index contributed by atoms with van der Waals surface area (Å²) < 4.78 is 5.27. The van der Waals surface area contributed by atoms with E-state index in [0.29, 0.717) is 22.4 Å². The number of hydrogen-bond donors (Lipinski definition) is 2. The molecule has 3 aromatic rings. The number of carbonyl (C=O) groups is 1. The minimum Gasteiger partial charge on any atom is -0.478 e. The van der Waals surface area contributed by atoms with Gasteiger partial charge in [-0.2, -0.15) is 0 Å². The van der Waals surface area contributed by atoms with Crippen LogP contribution < -0.4 is 0 Å². The summed E-state index contributed by atoms with van der Waals surface area (Å²) in [7, 11) is 0. The van der Waals surface area contributed by atoms with Crippen molar-refractivity contribution in [2.75, 3.05) is 0 Å². The summed E-state index contributed by atoms with van der Waals surface area (Å²) in [6, 6.07) is 5.15. The van der Waals surface area contributed by atoms with Crippen molar-refractivity contribution in [1.29, 1.82) is 0 Å². The normalized spacial score (nSPS) is 10.8. The number of nitrogens with zero attached hydrogens (tertiary/aromatic N) is 3. The molecule has 0 saturated carbocycles. The molecule has 0 unspecified atom stereocenters. The van der Waals surface area contributed by atoms with Crippen LogP contribution in [0, 0.1) is 0 Å². The number of tetrazole rings is 1. The first-order chi connectivity index (χ1) is 8.27. The van der Waals surface area contributed by atoms with E-state index in [2.05, 4.69) is 20.6 Å². The maximum atomic E-state index is 11.0. The summed E-state index contributed by atoms with van der Waals surface area (Å²) in [5.74, 6) is -0.599. The molecule has 3 rings (SSSR count). The molecule has 17 heavy (non-hydrogen) atoms. The molecule has 84 valence electrons. The van der Waals surface area contributed by atoms with Gasteiger partial charge in [0.05, 0.1) is 5.56 Å². The van der Waals surface area contributed by atoms with Crippen molar-refractivity contribution < 1.29 is 14.3 Å². The minimum absolute atomic E-state index is 0.120. The Hall–Kier alpha value is -2.70. The highest BCUT2D eigenvalue weighted by Crippen LogP contribution is 2.29. The fourth-order valence-electron chi connectivity index (χ4n) is 1.68. The molecule has 0 saturated heterocycles. The second-order valence-electron chi connectivity index (χ2n) is 3.39.